The predicted octanol–water partition coefficient (Wildman–Crippen LogP) is 10.4. The topological polar surface area (TPSA) is 38.4 Å². The molecule has 48 heavy (non-hydrogen) atoms. The van der Waals surface area contributed by atoms with Crippen molar-refractivity contribution in [2.45, 2.75) is 45.1 Å². The van der Waals surface area contributed by atoms with Crippen LogP contribution in [0.25, 0.3) is 27.8 Å². The number of hydrogen-bond donors (Lipinski definition) is 1. The van der Waals surface area contributed by atoms with Crippen LogP contribution in [0.2, 0.25) is 0 Å². The van der Waals surface area contributed by atoms with Gasteiger partial charge in [0.05, 0.1) is 12.0 Å². The van der Waals surface area contributed by atoms with Crippen LogP contribution < -0.4 is 5.73 Å². The lowest BCUT2D eigenvalue weighted by Gasteiger charge is -2.31. The summed E-state index contributed by atoms with van der Waals surface area (Å²) in [6.07, 6.45) is 0. The van der Waals surface area contributed by atoms with Crippen molar-refractivity contribution < 1.29 is 0 Å². The van der Waals surface area contributed by atoms with Crippen molar-refractivity contribution in [3.63, 3.8) is 0 Å². The molecule has 0 radical (unpaired) electrons. The molecule has 0 saturated heterocycles. The molecule has 0 aliphatic heterocycles. The second-order valence-electron chi connectivity index (χ2n) is 14.1. The number of nitrogens with two attached hydrogens (primary N) is 1. The minimum atomic E-state index is -0.406. The predicted molar refractivity (Wildman–Crippen MR) is 200 cm³/mol. The molecule has 0 aromatic heterocycles. The molecule has 0 amide bonds. The van der Waals surface area contributed by atoms with Gasteiger partial charge in [0.25, 0.3) is 0 Å². The van der Waals surface area contributed by atoms with Crippen LogP contribution in [0.4, 0.5) is 0 Å². The van der Waals surface area contributed by atoms with Crippen LogP contribution in [0.1, 0.15) is 76.4 Å². The Balaban J connectivity index is 1.22. The third kappa shape index (κ3) is 3.72. The van der Waals surface area contributed by atoms with E-state index < -0.39 is 5.41 Å². The molecule has 1 spiro atoms. The van der Waals surface area contributed by atoms with Gasteiger partial charge in [0.15, 0.2) is 0 Å². The third-order valence-electron chi connectivity index (χ3n) is 11.4. The molecule has 2 nitrogen and oxygen atoms in total. The number of nitrogens with zero attached hydrogens (tertiary/aromatic N) is 1. The first-order valence-electron chi connectivity index (χ1n) is 17.0. The molecule has 9 rings (SSSR count). The second-order valence-corrected chi connectivity index (χ2v) is 14.1. The number of allylic oxidation sites excluding steroid dienone is 1. The summed E-state index contributed by atoms with van der Waals surface area (Å²) >= 11 is 0. The summed E-state index contributed by atoms with van der Waals surface area (Å²) in [4.78, 5) is 5.12. The van der Waals surface area contributed by atoms with Gasteiger partial charge < -0.3 is 5.73 Å². The Hall–Kier alpha value is -5.47. The number of aliphatic imine (C=N–C) groups is 1. The molecule has 0 heterocycles. The highest BCUT2D eigenvalue weighted by molar-refractivity contribution is 6.08. The summed E-state index contributed by atoms with van der Waals surface area (Å²) in [6.45, 7) is 9.72. The molecule has 3 aliphatic rings. The van der Waals surface area contributed by atoms with Gasteiger partial charge in [-0.15, -0.1) is 0 Å². The van der Waals surface area contributed by atoms with E-state index in [1.165, 1.54) is 83.5 Å². The smallest absolute Gasteiger partial charge is 0.126 e. The van der Waals surface area contributed by atoms with E-state index in [0.717, 1.165) is 5.56 Å². The Morgan fingerprint density at radius 1 is 0.562 bits per heavy atom. The zero-order chi connectivity index (χ0) is 32.8. The number of benzene rings is 6. The molecular formula is C46H38N2. The molecule has 0 bridgehead atoms. The Kier molecular flexibility index (Phi) is 6.14. The number of hydrogen-bond acceptors (Lipinski definition) is 1. The average molecular weight is 619 g/mol. The van der Waals surface area contributed by atoms with Crippen molar-refractivity contribution in [2.75, 3.05) is 0 Å². The molecule has 2 N–H and O–H groups in total. The SMILES string of the molecule is CC1=C(c2ccccc2C)c2c(C(N)=NCc3ccc4c(c3)C(C)(C)c3ccccc3-4)cccc2C12c1ccccc1-c1ccccc12. The Morgan fingerprint density at radius 3 is 1.77 bits per heavy atom. The van der Waals surface area contributed by atoms with Gasteiger partial charge in [-0.05, 0) is 97.3 Å². The van der Waals surface area contributed by atoms with E-state index in [9.17, 15) is 0 Å². The second kappa shape index (κ2) is 10.3. The van der Waals surface area contributed by atoms with Crippen LogP contribution in [0.3, 0.4) is 0 Å². The summed E-state index contributed by atoms with van der Waals surface area (Å²) in [6, 6.07) is 48.9. The number of amidine groups is 1. The Labute approximate surface area is 283 Å². The maximum Gasteiger partial charge on any atom is 0.126 e. The minimum absolute atomic E-state index is 0.0512. The fourth-order valence-electron chi connectivity index (χ4n) is 9.16. The highest BCUT2D eigenvalue weighted by Gasteiger charge is 2.52. The van der Waals surface area contributed by atoms with E-state index in [0.29, 0.717) is 12.4 Å². The summed E-state index contributed by atoms with van der Waals surface area (Å²) in [5.41, 5.74) is 27.0. The van der Waals surface area contributed by atoms with E-state index in [2.05, 4.69) is 161 Å². The summed E-state index contributed by atoms with van der Waals surface area (Å²) in [5, 5.41) is 0. The minimum Gasteiger partial charge on any atom is -0.383 e. The van der Waals surface area contributed by atoms with Gasteiger partial charge >= 0.3 is 0 Å². The fraction of sp³-hybridized carbons (Fsp3) is 0.152. The molecular weight excluding hydrogens is 581 g/mol. The van der Waals surface area contributed by atoms with Crippen molar-refractivity contribution >= 4 is 11.4 Å². The van der Waals surface area contributed by atoms with Crippen LogP contribution in [0.5, 0.6) is 0 Å². The highest BCUT2D eigenvalue weighted by Crippen LogP contribution is 2.63. The first kappa shape index (κ1) is 28.7. The van der Waals surface area contributed by atoms with Crippen LogP contribution in [-0.4, -0.2) is 5.84 Å². The molecule has 3 aliphatic carbocycles. The molecule has 2 heteroatoms. The van der Waals surface area contributed by atoms with Gasteiger partial charge in [-0.3, -0.25) is 4.99 Å². The zero-order valence-corrected chi connectivity index (χ0v) is 27.9. The van der Waals surface area contributed by atoms with Crippen LogP contribution in [-0.2, 0) is 17.4 Å². The van der Waals surface area contributed by atoms with Crippen molar-refractivity contribution in [2.24, 2.45) is 10.7 Å². The molecule has 0 unspecified atom stereocenters. The number of aryl methyl sites for hydroxylation is 1. The van der Waals surface area contributed by atoms with E-state index >= 15 is 0 Å². The summed E-state index contributed by atoms with van der Waals surface area (Å²) in [7, 11) is 0. The van der Waals surface area contributed by atoms with Crippen molar-refractivity contribution in [1.82, 2.24) is 0 Å². The van der Waals surface area contributed by atoms with Crippen molar-refractivity contribution in [3.05, 3.63) is 195 Å². The van der Waals surface area contributed by atoms with Crippen LogP contribution >= 0.6 is 0 Å². The van der Waals surface area contributed by atoms with E-state index in [-0.39, 0.29) is 5.41 Å². The lowest BCUT2D eigenvalue weighted by Crippen LogP contribution is -2.27. The summed E-state index contributed by atoms with van der Waals surface area (Å²) in [5.74, 6) is 0.574. The fourth-order valence-corrected chi connectivity index (χ4v) is 9.16. The van der Waals surface area contributed by atoms with Crippen LogP contribution in [0.15, 0.2) is 144 Å². The first-order valence-corrected chi connectivity index (χ1v) is 17.0. The van der Waals surface area contributed by atoms with E-state index in [4.69, 9.17) is 10.7 Å². The van der Waals surface area contributed by atoms with Gasteiger partial charge in [-0.25, -0.2) is 0 Å². The average Bonchev–Trinajstić information content (AvgIpc) is 3.65. The third-order valence-corrected chi connectivity index (χ3v) is 11.4. The van der Waals surface area contributed by atoms with Crippen LogP contribution in [0, 0.1) is 6.92 Å². The lowest BCUT2D eigenvalue weighted by molar-refractivity contribution is 0.659. The normalized spacial score (nSPS) is 16.0. The molecule has 6 aromatic carbocycles. The summed E-state index contributed by atoms with van der Waals surface area (Å²) < 4.78 is 0. The monoisotopic (exact) mass is 618 g/mol. The Morgan fingerprint density at radius 2 is 1.10 bits per heavy atom. The van der Waals surface area contributed by atoms with E-state index in [1.54, 1.807) is 0 Å². The Bertz CT molecular complexity index is 2340. The largest absolute Gasteiger partial charge is 0.383 e. The lowest BCUT2D eigenvalue weighted by atomic mass is 9.70. The zero-order valence-electron chi connectivity index (χ0n) is 27.9. The molecule has 0 saturated carbocycles. The van der Waals surface area contributed by atoms with Gasteiger partial charge in [0.2, 0.25) is 0 Å². The van der Waals surface area contributed by atoms with Gasteiger partial charge in [0, 0.05) is 11.0 Å². The molecule has 0 fully saturated rings. The van der Waals surface area contributed by atoms with E-state index in [1.807, 2.05) is 0 Å². The first-order chi connectivity index (χ1) is 23.3. The van der Waals surface area contributed by atoms with Gasteiger partial charge in [-0.2, -0.15) is 0 Å². The molecule has 6 aromatic rings. The highest BCUT2D eigenvalue weighted by atomic mass is 14.9. The quantitative estimate of drug-likeness (QED) is 0.155. The van der Waals surface area contributed by atoms with Gasteiger partial charge in [-0.1, -0.05) is 147 Å². The maximum atomic E-state index is 7.08. The molecule has 0 atom stereocenters. The van der Waals surface area contributed by atoms with Gasteiger partial charge in [0.1, 0.15) is 5.84 Å². The number of fused-ring (bicyclic) bond motifs is 10. The number of rotatable bonds is 4. The molecule has 232 valence electrons. The maximum absolute atomic E-state index is 7.08. The van der Waals surface area contributed by atoms with Crippen molar-refractivity contribution in [1.29, 1.82) is 0 Å². The van der Waals surface area contributed by atoms with Crippen molar-refractivity contribution in [3.8, 4) is 22.3 Å². The standard InChI is InChI=1S/C46H38N2/c1-28-14-5-6-15-31(28)42-29(2)46(38-21-11-8-17-33(38)34-18-9-12-22-39(34)46)40-23-13-19-36(43(40)42)44(47)48-27-30-24-25-35-32-16-7-10-20-37(32)45(3,4)41(35)26-30/h5-26H,27H2,1-4H3,(H2,47,48).